The van der Waals surface area contributed by atoms with Gasteiger partial charge in [-0.25, -0.2) is 8.42 Å². The van der Waals surface area contributed by atoms with E-state index in [0.29, 0.717) is 23.2 Å². The zero-order chi connectivity index (χ0) is 21.2. The SMILES string of the molecule is CCc1cc(-c2ccc(S(=O)(=O)N(C)CC(O)c3ccccc3)s2)c(C)[nH]c1=O. The highest BCUT2D eigenvalue weighted by Crippen LogP contribution is 2.33. The van der Waals surface area contributed by atoms with Crippen molar-refractivity contribution in [2.75, 3.05) is 13.6 Å². The van der Waals surface area contributed by atoms with Gasteiger partial charge in [0.25, 0.3) is 15.6 Å². The summed E-state index contributed by atoms with van der Waals surface area (Å²) in [6, 6.07) is 14.1. The Morgan fingerprint density at radius 3 is 2.52 bits per heavy atom. The average Bonchev–Trinajstić information content (AvgIpc) is 3.19. The number of aromatic amines is 1. The fraction of sp³-hybridized carbons (Fsp3) is 0.286. The van der Waals surface area contributed by atoms with Gasteiger partial charge in [-0.2, -0.15) is 4.31 Å². The molecule has 2 aromatic heterocycles. The third kappa shape index (κ3) is 4.51. The number of aryl methyl sites for hydroxylation is 2. The minimum Gasteiger partial charge on any atom is -0.387 e. The number of hydrogen-bond donors (Lipinski definition) is 2. The maximum atomic E-state index is 13.0. The first-order chi connectivity index (χ1) is 13.7. The Hall–Kier alpha value is -2.26. The number of H-pyrrole nitrogens is 1. The summed E-state index contributed by atoms with van der Waals surface area (Å²) in [4.78, 5) is 15.5. The number of benzene rings is 1. The van der Waals surface area contributed by atoms with Gasteiger partial charge in [-0.1, -0.05) is 37.3 Å². The van der Waals surface area contributed by atoms with Crippen LogP contribution in [-0.4, -0.2) is 36.4 Å². The lowest BCUT2D eigenvalue weighted by Crippen LogP contribution is -2.30. The fourth-order valence-corrected chi connectivity index (χ4v) is 5.83. The highest BCUT2D eigenvalue weighted by Gasteiger charge is 2.26. The van der Waals surface area contributed by atoms with E-state index in [9.17, 15) is 18.3 Å². The molecule has 0 fully saturated rings. The van der Waals surface area contributed by atoms with Crippen LogP contribution < -0.4 is 5.56 Å². The molecule has 29 heavy (non-hydrogen) atoms. The van der Waals surface area contributed by atoms with Gasteiger partial charge in [0.1, 0.15) is 4.21 Å². The van der Waals surface area contributed by atoms with Crippen LogP contribution in [-0.2, 0) is 16.4 Å². The first-order valence-electron chi connectivity index (χ1n) is 9.26. The molecule has 1 atom stereocenters. The number of aromatic nitrogens is 1. The molecule has 3 aromatic rings. The van der Waals surface area contributed by atoms with Crippen LogP contribution in [0.2, 0.25) is 0 Å². The summed E-state index contributed by atoms with van der Waals surface area (Å²) in [5.41, 5.74) is 2.72. The Balaban J connectivity index is 1.86. The number of nitrogens with one attached hydrogen (secondary N) is 1. The van der Waals surface area contributed by atoms with Crippen LogP contribution in [0.3, 0.4) is 0 Å². The molecule has 0 saturated heterocycles. The van der Waals surface area contributed by atoms with E-state index < -0.39 is 16.1 Å². The molecule has 0 saturated carbocycles. The Bertz CT molecular complexity index is 1150. The van der Waals surface area contributed by atoms with Crippen LogP contribution in [0.4, 0.5) is 0 Å². The Labute approximate surface area is 174 Å². The number of likely N-dealkylation sites (N-methyl/N-ethyl adjacent to an activating group) is 1. The van der Waals surface area contributed by atoms with Gasteiger partial charge in [0.05, 0.1) is 6.10 Å². The molecule has 2 heterocycles. The third-order valence-electron chi connectivity index (χ3n) is 4.82. The van der Waals surface area contributed by atoms with Crippen molar-refractivity contribution in [1.82, 2.24) is 9.29 Å². The lowest BCUT2D eigenvalue weighted by Gasteiger charge is -2.20. The van der Waals surface area contributed by atoms with Crippen molar-refractivity contribution in [3.05, 3.63) is 75.7 Å². The molecule has 0 bridgehead atoms. The molecule has 154 valence electrons. The topological polar surface area (TPSA) is 90.5 Å². The average molecular weight is 433 g/mol. The molecule has 2 N–H and O–H groups in total. The molecule has 0 aliphatic carbocycles. The number of rotatable bonds is 7. The zero-order valence-corrected chi connectivity index (χ0v) is 18.2. The Kier molecular flexibility index (Phi) is 6.38. The molecule has 0 aliphatic rings. The summed E-state index contributed by atoms with van der Waals surface area (Å²) in [5, 5.41) is 10.4. The first-order valence-corrected chi connectivity index (χ1v) is 11.5. The zero-order valence-electron chi connectivity index (χ0n) is 16.5. The normalized spacial score (nSPS) is 13.0. The number of aliphatic hydroxyl groups is 1. The summed E-state index contributed by atoms with van der Waals surface area (Å²) in [6.45, 7) is 3.66. The van der Waals surface area contributed by atoms with Crippen molar-refractivity contribution in [3.8, 4) is 10.4 Å². The lowest BCUT2D eigenvalue weighted by molar-refractivity contribution is 0.155. The molecule has 0 aliphatic heterocycles. The molecular weight excluding hydrogens is 408 g/mol. The third-order valence-corrected chi connectivity index (χ3v) is 8.23. The molecule has 0 spiro atoms. The van der Waals surface area contributed by atoms with Gasteiger partial charge in [0.2, 0.25) is 0 Å². The number of nitrogens with zero attached hydrogens (tertiary/aromatic N) is 1. The van der Waals surface area contributed by atoms with Crippen LogP contribution in [0.1, 0.15) is 29.8 Å². The van der Waals surface area contributed by atoms with E-state index in [-0.39, 0.29) is 16.3 Å². The van der Waals surface area contributed by atoms with Crippen LogP contribution in [0.25, 0.3) is 10.4 Å². The number of thiophene rings is 1. The monoisotopic (exact) mass is 432 g/mol. The highest BCUT2D eigenvalue weighted by molar-refractivity contribution is 7.91. The minimum atomic E-state index is -3.75. The molecule has 6 nitrogen and oxygen atoms in total. The van der Waals surface area contributed by atoms with E-state index in [0.717, 1.165) is 26.1 Å². The van der Waals surface area contributed by atoms with E-state index in [4.69, 9.17) is 0 Å². The lowest BCUT2D eigenvalue weighted by atomic mass is 10.1. The summed E-state index contributed by atoms with van der Waals surface area (Å²) < 4.78 is 27.3. The standard InChI is InChI=1S/C21H24N2O4S2/c1-4-15-12-17(14(2)22-21(15)25)19-10-11-20(28-19)29(26,27)23(3)13-18(24)16-8-6-5-7-9-16/h5-12,18,24H,4,13H2,1-3H3,(H,22,25). The molecule has 8 heteroatoms. The van der Waals surface area contributed by atoms with Gasteiger partial charge in [-0.3, -0.25) is 4.79 Å². The van der Waals surface area contributed by atoms with Gasteiger partial charge in [-0.05, 0) is 37.1 Å². The van der Waals surface area contributed by atoms with Crippen molar-refractivity contribution in [2.24, 2.45) is 0 Å². The van der Waals surface area contributed by atoms with Gasteiger partial charge in [-0.15, -0.1) is 11.3 Å². The quantitative estimate of drug-likeness (QED) is 0.599. The highest BCUT2D eigenvalue weighted by atomic mass is 32.2. The predicted octanol–water partition coefficient (Wildman–Crippen LogP) is 3.33. The van der Waals surface area contributed by atoms with Gasteiger partial charge < -0.3 is 10.1 Å². The van der Waals surface area contributed by atoms with Gasteiger partial charge in [0, 0.05) is 35.3 Å². The number of sulfonamides is 1. The maximum Gasteiger partial charge on any atom is 0.252 e. The second-order valence-corrected chi connectivity index (χ2v) is 10.2. The van der Waals surface area contributed by atoms with Crippen molar-refractivity contribution in [2.45, 2.75) is 30.6 Å². The molecule has 1 unspecified atom stereocenters. The molecule has 0 radical (unpaired) electrons. The summed E-state index contributed by atoms with van der Waals surface area (Å²) in [7, 11) is -2.29. The Morgan fingerprint density at radius 2 is 1.86 bits per heavy atom. The van der Waals surface area contributed by atoms with Crippen molar-refractivity contribution in [1.29, 1.82) is 0 Å². The summed E-state index contributed by atoms with van der Waals surface area (Å²) in [6.07, 6.45) is -0.317. The Morgan fingerprint density at radius 1 is 1.17 bits per heavy atom. The second-order valence-electron chi connectivity index (χ2n) is 6.85. The van der Waals surface area contributed by atoms with E-state index in [1.54, 1.807) is 43.3 Å². The number of pyridine rings is 1. The van der Waals surface area contributed by atoms with Crippen LogP contribution >= 0.6 is 11.3 Å². The maximum absolute atomic E-state index is 13.0. The van der Waals surface area contributed by atoms with Crippen molar-refractivity contribution < 1.29 is 13.5 Å². The molecule has 3 rings (SSSR count). The number of hydrogen-bond acceptors (Lipinski definition) is 5. The molecule has 1 aromatic carbocycles. The van der Waals surface area contributed by atoms with E-state index >= 15 is 0 Å². The summed E-state index contributed by atoms with van der Waals surface area (Å²) >= 11 is 1.15. The van der Waals surface area contributed by atoms with Crippen LogP contribution in [0.5, 0.6) is 0 Å². The van der Waals surface area contributed by atoms with E-state index in [1.165, 1.54) is 7.05 Å². The number of aliphatic hydroxyl groups excluding tert-OH is 1. The van der Waals surface area contributed by atoms with E-state index in [1.807, 2.05) is 19.1 Å². The first kappa shape index (κ1) is 21.4. The van der Waals surface area contributed by atoms with Gasteiger partial charge >= 0.3 is 0 Å². The fourth-order valence-electron chi connectivity index (χ4n) is 3.06. The molecule has 0 amide bonds. The minimum absolute atomic E-state index is 0.0444. The van der Waals surface area contributed by atoms with Crippen LogP contribution in [0, 0.1) is 6.92 Å². The van der Waals surface area contributed by atoms with Crippen LogP contribution in [0.15, 0.2) is 57.5 Å². The largest absolute Gasteiger partial charge is 0.387 e. The van der Waals surface area contributed by atoms with E-state index in [2.05, 4.69) is 4.98 Å². The second kappa shape index (κ2) is 8.62. The predicted molar refractivity (Wildman–Crippen MR) is 116 cm³/mol. The van der Waals surface area contributed by atoms with Crippen molar-refractivity contribution in [3.63, 3.8) is 0 Å². The summed E-state index contributed by atoms with van der Waals surface area (Å²) in [5.74, 6) is 0. The smallest absolute Gasteiger partial charge is 0.252 e. The molecular formula is C21H24N2O4S2. The van der Waals surface area contributed by atoms with Crippen molar-refractivity contribution >= 4 is 21.4 Å². The van der Waals surface area contributed by atoms with Gasteiger partial charge in [0.15, 0.2) is 0 Å².